The predicted molar refractivity (Wildman–Crippen MR) is 101 cm³/mol. The standard InChI is InChI=1S/C17H24N4O3S/c1-5-6-13-9-15(23-3)16(24-8-7-19-12(2)22)10-14(13)21-17(25-4)20-11-18/h9-10H,5-8H2,1-4H3,(H,19,22)(H,20,21). The van der Waals surface area contributed by atoms with Crippen molar-refractivity contribution in [2.75, 3.05) is 26.5 Å². The van der Waals surface area contributed by atoms with E-state index in [9.17, 15) is 4.79 Å². The Bertz CT molecular complexity index is 656. The number of methoxy groups -OCH3 is 1. The van der Waals surface area contributed by atoms with Crippen molar-refractivity contribution < 1.29 is 14.3 Å². The Kier molecular flexibility index (Phi) is 9.25. The zero-order chi connectivity index (χ0) is 18.7. The SMILES string of the molecule is CCCc1cc(OC)c(OCCNC(C)=O)cc1N=C(NC#N)SC. The molecule has 0 spiro atoms. The predicted octanol–water partition coefficient (Wildman–Crippen LogP) is 2.58. The minimum atomic E-state index is -0.105. The van der Waals surface area contributed by atoms with Crippen LogP contribution in [0.1, 0.15) is 25.8 Å². The van der Waals surface area contributed by atoms with Crippen molar-refractivity contribution in [1.82, 2.24) is 10.6 Å². The van der Waals surface area contributed by atoms with Gasteiger partial charge in [0.05, 0.1) is 19.3 Å². The number of aliphatic imine (C=N–C) groups is 1. The Morgan fingerprint density at radius 3 is 2.72 bits per heavy atom. The fourth-order valence-electron chi connectivity index (χ4n) is 2.11. The number of thioether (sulfide) groups is 1. The molecule has 1 aromatic carbocycles. The maximum Gasteiger partial charge on any atom is 0.216 e. The summed E-state index contributed by atoms with van der Waals surface area (Å²) >= 11 is 1.35. The molecule has 0 atom stereocenters. The van der Waals surface area contributed by atoms with Gasteiger partial charge in [0.2, 0.25) is 5.91 Å². The van der Waals surface area contributed by atoms with Gasteiger partial charge in [0, 0.05) is 13.0 Å². The molecule has 25 heavy (non-hydrogen) atoms. The van der Waals surface area contributed by atoms with Gasteiger partial charge >= 0.3 is 0 Å². The highest BCUT2D eigenvalue weighted by Crippen LogP contribution is 2.36. The minimum absolute atomic E-state index is 0.105. The molecule has 0 aromatic heterocycles. The molecule has 8 heteroatoms. The van der Waals surface area contributed by atoms with Gasteiger partial charge in [-0.15, -0.1) is 0 Å². The molecule has 0 aliphatic rings. The fraction of sp³-hybridized carbons (Fsp3) is 0.471. The highest BCUT2D eigenvalue weighted by atomic mass is 32.2. The summed E-state index contributed by atoms with van der Waals surface area (Å²) in [7, 11) is 1.58. The number of hydrogen-bond acceptors (Lipinski definition) is 6. The van der Waals surface area contributed by atoms with Crippen LogP contribution in [0.2, 0.25) is 0 Å². The van der Waals surface area contributed by atoms with Gasteiger partial charge in [0.25, 0.3) is 0 Å². The van der Waals surface area contributed by atoms with Crippen LogP contribution in [0.5, 0.6) is 11.5 Å². The molecule has 0 heterocycles. The van der Waals surface area contributed by atoms with E-state index in [1.54, 1.807) is 13.2 Å². The van der Waals surface area contributed by atoms with E-state index in [2.05, 4.69) is 22.5 Å². The van der Waals surface area contributed by atoms with Crippen LogP contribution in [0.4, 0.5) is 5.69 Å². The van der Waals surface area contributed by atoms with E-state index in [4.69, 9.17) is 14.7 Å². The maximum absolute atomic E-state index is 10.9. The molecule has 0 aliphatic carbocycles. The first-order valence-electron chi connectivity index (χ1n) is 7.91. The van der Waals surface area contributed by atoms with E-state index < -0.39 is 0 Å². The number of benzene rings is 1. The molecule has 0 fully saturated rings. The van der Waals surface area contributed by atoms with Gasteiger partial charge in [-0.25, -0.2) is 4.99 Å². The number of ether oxygens (including phenoxy) is 2. The number of hydrogen-bond donors (Lipinski definition) is 2. The molecule has 0 radical (unpaired) electrons. The quantitative estimate of drug-likeness (QED) is 0.242. The van der Waals surface area contributed by atoms with Crippen molar-refractivity contribution in [2.24, 2.45) is 4.99 Å². The van der Waals surface area contributed by atoms with E-state index in [1.165, 1.54) is 18.7 Å². The molecule has 0 saturated carbocycles. The summed E-state index contributed by atoms with van der Waals surface area (Å²) in [6.45, 7) is 4.26. The first kappa shape index (κ1) is 20.6. The number of nitriles is 1. The van der Waals surface area contributed by atoms with Gasteiger partial charge < -0.3 is 14.8 Å². The Labute approximate surface area is 152 Å². The van der Waals surface area contributed by atoms with Crippen LogP contribution in [0.3, 0.4) is 0 Å². The fourth-order valence-corrected chi connectivity index (χ4v) is 2.44. The minimum Gasteiger partial charge on any atom is -0.493 e. The van der Waals surface area contributed by atoms with Crippen molar-refractivity contribution in [1.29, 1.82) is 5.26 Å². The van der Waals surface area contributed by atoms with Crippen LogP contribution >= 0.6 is 11.8 Å². The highest BCUT2D eigenvalue weighted by molar-refractivity contribution is 8.13. The van der Waals surface area contributed by atoms with Crippen LogP contribution < -0.4 is 20.1 Å². The third kappa shape index (κ3) is 6.93. The average molecular weight is 364 g/mol. The van der Waals surface area contributed by atoms with Gasteiger partial charge in [-0.3, -0.25) is 10.1 Å². The summed E-state index contributed by atoms with van der Waals surface area (Å²) in [4.78, 5) is 15.4. The average Bonchev–Trinajstić information content (AvgIpc) is 2.59. The first-order valence-corrected chi connectivity index (χ1v) is 9.14. The van der Waals surface area contributed by atoms with Crippen LogP contribution in [0.25, 0.3) is 0 Å². The summed E-state index contributed by atoms with van der Waals surface area (Å²) in [5.41, 5.74) is 1.74. The summed E-state index contributed by atoms with van der Waals surface area (Å²) in [6.07, 6.45) is 5.51. The number of carbonyl (C=O) groups is 1. The Morgan fingerprint density at radius 1 is 1.40 bits per heavy atom. The van der Waals surface area contributed by atoms with E-state index in [0.717, 1.165) is 24.1 Å². The molecule has 2 N–H and O–H groups in total. The topological polar surface area (TPSA) is 95.7 Å². The van der Waals surface area contributed by atoms with Crippen LogP contribution in [-0.2, 0) is 11.2 Å². The molecule has 136 valence electrons. The van der Waals surface area contributed by atoms with Crippen molar-refractivity contribution in [3.05, 3.63) is 17.7 Å². The van der Waals surface area contributed by atoms with Crippen molar-refractivity contribution >= 4 is 28.5 Å². The molecule has 1 aromatic rings. The summed E-state index contributed by atoms with van der Waals surface area (Å²) in [6, 6.07) is 3.70. The molecular formula is C17H24N4O3S. The third-order valence-corrected chi connectivity index (χ3v) is 3.78. The van der Waals surface area contributed by atoms with Gasteiger partial charge in [0.1, 0.15) is 6.61 Å². The number of carbonyl (C=O) groups excluding carboxylic acids is 1. The van der Waals surface area contributed by atoms with Crippen molar-refractivity contribution in [3.8, 4) is 17.7 Å². The lowest BCUT2D eigenvalue weighted by Crippen LogP contribution is -2.25. The van der Waals surface area contributed by atoms with Crippen molar-refractivity contribution in [3.63, 3.8) is 0 Å². The Morgan fingerprint density at radius 2 is 2.16 bits per heavy atom. The largest absolute Gasteiger partial charge is 0.493 e. The number of nitrogens with zero attached hydrogens (tertiary/aromatic N) is 2. The second kappa shape index (κ2) is 11.2. The number of amidine groups is 1. The summed E-state index contributed by atoms with van der Waals surface area (Å²) in [5.74, 6) is 1.05. The second-order valence-electron chi connectivity index (χ2n) is 5.07. The molecule has 0 aliphatic heterocycles. The van der Waals surface area contributed by atoms with Crippen molar-refractivity contribution in [2.45, 2.75) is 26.7 Å². The number of amides is 1. The van der Waals surface area contributed by atoms with E-state index in [-0.39, 0.29) is 5.91 Å². The zero-order valence-electron chi connectivity index (χ0n) is 15.0. The Hall–Kier alpha value is -2.40. The van der Waals surface area contributed by atoms with Gasteiger partial charge in [0.15, 0.2) is 22.9 Å². The second-order valence-corrected chi connectivity index (χ2v) is 5.87. The van der Waals surface area contributed by atoms with Crippen LogP contribution in [0, 0.1) is 11.5 Å². The zero-order valence-corrected chi connectivity index (χ0v) is 15.8. The van der Waals surface area contributed by atoms with E-state index in [1.807, 2.05) is 18.5 Å². The highest BCUT2D eigenvalue weighted by Gasteiger charge is 2.12. The third-order valence-electron chi connectivity index (χ3n) is 3.20. The monoisotopic (exact) mass is 364 g/mol. The Balaban J connectivity index is 3.13. The molecule has 1 amide bonds. The maximum atomic E-state index is 10.9. The normalized spacial score (nSPS) is 10.8. The van der Waals surface area contributed by atoms with Crippen LogP contribution in [0.15, 0.2) is 17.1 Å². The van der Waals surface area contributed by atoms with Gasteiger partial charge in [-0.1, -0.05) is 25.1 Å². The molecule has 0 saturated heterocycles. The lowest BCUT2D eigenvalue weighted by Gasteiger charge is -2.15. The van der Waals surface area contributed by atoms with Crippen LogP contribution in [-0.4, -0.2) is 37.6 Å². The molecule has 0 unspecified atom stereocenters. The molecule has 0 bridgehead atoms. The number of rotatable bonds is 8. The summed E-state index contributed by atoms with van der Waals surface area (Å²) < 4.78 is 11.1. The lowest BCUT2D eigenvalue weighted by atomic mass is 10.1. The van der Waals surface area contributed by atoms with Gasteiger partial charge in [-0.2, -0.15) is 5.26 Å². The smallest absolute Gasteiger partial charge is 0.216 e. The number of nitrogens with one attached hydrogen (secondary N) is 2. The molecule has 7 nitrogen and oxygen atoms in total. The first-order chi connectivity index (χ1) is 12.0. The number of aryl methyl sites for hydroxylation is 1. The lowest BCUT2D eigenvalue weighted by molar-refractivity contribution is -0.119. The molecule has 1 rings (SSSR count). The molecular weight excluding hydrogens is 340 g/mol. The van der Waals surface area contributed by atoms with E-state index >= 15 is 0 Å². The van der Waals surface area contributed by atoms with Gasteiger partial charge in [-0.05, 0) is 24.3 Å². The summed E-state index contributed by atoms with van der Waals surface area (Å²) in [5, 5.41) is 14.6. The van der Waals surface area contributed by atoms with E-state index in [0.29, 0.717) is 29.8 Å².